The van der Waals surface area contributed by atoms with Gasteiger partial charge in [0, 0.05) is 31.1 Å². The Morgan fingerprint density at radius 3 is 2.94 bits per heavy atom. The number of hydrogen-bond acceptors (Lipinski definition) is 4. The number of phenolic OH excluding ortho intramolecular Hbond substituents is 2. The molecule has 5 nitrogen and oxygen atoms in total. The first-order valence-corrected chi connectivity index (χ1v) is 5.16. The number of carbonyl (C=O) groups excluding carboxylic acids is 1. The predicted octanol–water partition coefficient (Wildman–Crippen LogP) is 0.0759. The van der Waals surface area contributed by atoms with Crippen LogP contribution in [-0.4, -0.2) is 28.7 Å². The summed E-state index contributed by atoms with van der Waals surface area (Å²) in [6.07, 6.45) is 0.458. The van der Waals surface area contributed by atoms with E-state index < -0.39 is 0 Å². The summed E-state index contributed by atoms with van der Waals surface area (Å²) < 4.78 is 0. The van der Waals surface area contributed by atoms with Crippen LogP contribution in [0.4, 0.5) is 0 Å². The van der Waals surface area contributed by atoms with Crippen LogP contribution in [0.1, 0.15) is 12.0 Å². The first-order valence-electron chi connectivity index (χ1n) is 5.16. The molecule has 4 N–H and O–H groups in total. The first-order chi connectivity index (χ1) is 7.66. The van der Waals surface area contributed by atoms with E-state index in [0.717, 1.165) is 0 Å². The standard InChI is InChI=1S/C11H14N2O3/c14-9-3-1-2-7(11(9)16)5-12-8-4-10(15)13-6-8/h1-3,8,12,14,16H,4-6H2,(H,13,15). The van der Waals surface area contributed by atoms with Crippen molar-refractivity contribution < 1.29 is 15.0 Å². The molecule has 1 aromatic carbocycles. The summed E-state index contributed by atoms with van der Waals surface area (Å²) in [5.41, 5.74) is 0.624. The number of benzene rings is 1. The van der Waals surface area contributed by atoms with E-state index in [9.17, 15) is 15.0 Å². The summed E-state index contributed by atoms with van der Waals surface area (Å²) in [4.78, 5) is 10.9. The Hall–Kier alpha value is -1.75. The van der Waals surface area contributed by atoms with Crippen LogP contribution in [0.25, 0.3) is 0 Å². The number of aromatic hydroxyl groups is 2. The summed E-state index contributed by atoms with van der Waals surface area (Å²) >= 11 is 0. The molecular formula is C11H14N2O3. The molecule has 1 aliphatic heterocycles. The third-order valence-corrected chi connectivity index (χ3v) is 2.66. The second-order valence-electron chi connectivity index (χ2n) is 3.87. The van der Waals surface area contributed by atoms with Gasteiger partial charge >= 0.3 is 0 Å². The molecule has 5 heteroatoms. The predicted molar refractivity (Wildman–Crippen MR) is 58.0 cm³/mol. The van der Waals surface area contributed by atoms with Gasteiger partial charge in [-0.15, -0.1) is 0 Å². The Morgan fingerprint density at radius 2 is 2.25 bits per heavy atom. The van der Waals surface area contributed by atoms with Crippen LogP contribution < -0.4 is 10.6 Å². The van der Waals surface area contributed by atoms with E-state index in [1.165, 1.54) is 6.07 Å². The van der Waals surface area contributed by atoms with E-state index in [4.69, 9.17) is 0 Å². The van der Waals surface area contributed by atoms with E-state index in [2.05, 4.69) is 10.6 Å². The van der Waals surface area contributed by atoms with Crippen LogP contribution in [0, 0.1) is 0 Å². The van der Waals surface area contributed by atoms with E-state index in [1.807, 2.05) is 0 Å². The molecule has 86 valence electrons. The van der Waals surface area contributed by atoms with Crippen molar-refractivity contribution in [2.75, 3.05) is 6.54 Å². The highest BCUT2D eigenvalue weighted by Gasteiger charge is 2.20. The average Bonchev–Trinajstić information content (AvgIpc) is 2.67. The van der Waals surface area contributed by atoms with Crippen LogP contribution in [0.2, 0.25) is 0 Å². The van der Waals surface area contributed by atoms with E-state index in [1.54, 1.807) is 12.1 Å². The van der Waals surface area contributed by atoms with Gasteiger partial charge in [-0.05, 0) is 6.07 Å². The van der Waals surface area contributed by atoms with Crippen LogP contribution in [0.3, 0.4) is 0 Å². The zero-order valence-corrected chi connectivity index (χ0v) is 8.73. The van der Waals surface area contributed by atoms with Crippen LogP contribution in [0.15, 0.2) is 18.2 Å². The second-order valence-corrected chi connectivity index (χ2v) is 3.87. The summed E-state index contributed by atoms with van der Waals surface area (Å²) in [5.74, 6) is -0.190. The number of nitrogens with one attached hydrogen (secondary N) is 2. The molecule has 1 amide bonds. The maximum atomic E-state index is 10.9. The van der Waals surface area contributed by atoms with Gasteiger partial charge in [0.15, 0.2) is 11.5 Å². The summed E-state index contributed by atoms with van der Waals surface area (Å²) in [6.45, 7) is 1.04. The Bertz CT molecular complexity index is 406. The summed E-state index contributed by atoms with van der Waals surface area (Å²) in [7, 11) is 0. The third kappa shape index (κ3) is 2.25. The first kappa shape index (κ1) is 10.8. The lowest BCUT2D eigenvalue weighted by Gasteiger charge is -2.11. The molecule has 0 radical (unpaired) electrons. The molecular weight excluding hydrogens is 208 g/mol. The number of amides is 1. The minimum absolute atomic E-state index is 0.0395. The van der Waals surface area contributed by atoms with Crippen LogP contribution in [-0.2, 0) is 11.3 Å². The second kappa shape index (κ2) is 4.40. The van der Waals surface area contributed by atoms with Crippen molar-refractivity contribution in [3.05, 3.63) is 23.8 Å². The number of carbonyl (C=O) groups is 1. The lowest BCUT2D eigenvalue weighted by atomic mass is 10.1. The van der Waals surface area contributed by atoms with Crippen molar-refractivity contribution in [2.24, 2.45) is 0 Å². The topological polar surface area (TPSA) is 81.6 Å². The highest BCUT2D eigenvalue weighted by atomic mass is 16.3. The molecule has 1 saturated heterocycles. The number of para-hydroxylation sites is 1. The molecule has 0 spiro atoms. The highest BCUT2D eigenvalue weighted by Crippen LogP contribution is 2.27. The molecule has 1 aromatic rings. The SMILES string of the molecule is O=C1CC(NCc2cccc(O)c2O)CN1. The smallest absolute Gasteiger partial charge is 0.221 e. The minimum atomic E-state index is -0.125. The molecule has 2 rings (SSSR count). The van der Waals surface area contributed by atoms with Crippen molar-refractivity contribution >= 4 is 5.91 Å². The van der Waals surface area contributed by atoms with E-state index in [-0.39, 0.29) is 23.4 Å². The fourth-order valence-electron chi connectivity index (χ4n) is 1.72. The van der Waals surface area contributed by atoms with Crippen molar-refractivity contribution in [3.8, 4) is 11.5 Å². The van der Waals surface area contributed by atoms with Crippen molar-refractivity contribution in [1.29, 1.82) is 0 Å². The molecule has 1 unspecified atom stereocenters. The Balaban J connectivity index is 1.94. The summed E-state index contributed by atoms with van der Waals surface area (Å²) in [5, 5.41) is 24.7. The van der Waals surface area contributed by atoms with Crippen molar-refractivity contribution in [1.82, 2.24) is 10.6 Å². The summed E-state index contributed by atoms with van der Waals surface area (Å²) in [6, 6.07) is 4.92. The maximum absolute atomic E-state index is 10.9. The molecule has 1 aliphatic rings. The van der Waals surface area contributed by atoms with Gasteiger partial charge in [-0.1, -0.05) is 12.1 Å². The van der Waals surface area contributed by atoms with E-state index in [0.29, 0.717) is 25.1 Å². The van der Waals surface area contributed by atoms with Gasteiger partial charge in [-0.3, -0.25) is 4.79 Å². The maximum Gasteiger partial charge on any atom is 0.221 e. The van der Waals surface area contributed by atoms with Crippen molar-refractivity contribution in [3.63, 3.8) is 0 Å². The molecule has 1 fully saturated rings. The Labute approximate surface area is 93.1 Å². The van der Waals surface area contributed by atoms with Gasteiger partial charge in [0.2, 0.25) is 5.91 Å². The largest absolute Gasteiger partial charge is 0.504 e. The molecule has 0 saturated carbocycles. The quantitative estimate of drug-likeness (QED) is 0.546. The molecule has 1 heterocycles. The number of phenols is 2. The van der Waals surface area contributed by atoms with Gasteiger partial charge in [-0.25, -0.2) is 0 Å². The van der Waals surface area contributed by atoms with Gasteiger partial charge in [0.25, 0.3) is 0 Å². The zero-order chi connectivity index (χ0) is 11.5. The van der Waals surface area contributed by atoms with Crippen LogP contribution >= 0.6 is 0 Å². The van der Waals surface area contributed by atoms with Gasteiger partial charge in [0.05, 0.1) is 0 Å². The fourth-order valence-corrected chi connectivity index (χ4v) is 1.72. The number of hydrogen-bond donors (Lipinski definition) is 4. The van der Waals surface area contributed by atoms with Gasteiger partial charge in [-0.2, -0.15) is 0 Å². The Morgan fingerprint density at radius 1 is 1.44 bits per heavy atom. The van der Waals surface area contributed by atoms with E-state index >= 15 is 0 Å². The average molecular weight is 222 g/mol. The fraction of sp³-hybridized carbons (Fsp3) is 0.364. The monoisotopic (exact) mass is 222 g/mol. The third-order valence-electron chi connectivity index (χ3n) is 2.66. The molecule has 0 aromatic heterocycles. The lowest BCUT2D eigenvalue weighted by Crippen LogP contribution is -2.30. The molecule has 0 bridgehead atoms. The lowest BCUT2D eigenvalue weighted by molar-refractivity contribution is -0.119. The van der Waals surface area contributed by atoms with Crippen LogP contribution in [0.5, 0.6) is 11.5 Å². The molecule has 16 heavy (non-hydrogen) atoms. The normalized spacial score (nSPS) is 19.8. The van der Waals surface area contributed by atoms with Gasteiger partial charge in [0.1, 0.15) is 0 Å². The molecule has 0 aliphatic carbocycles. The number of rotatable bonds is 3. The molecule has 1 atom stereocenters. The minimum Gasteiger partial charge on any atom is -0.504 e. The van der Waals surface area contributed by atoms with Gasteiger partial charge < -0.3 is 20.8 Å². The van der Waals surface area contributed by atoms with Crippen molar-refractivity contribution in [2.45, 2.75) is 19.0 Å². The zero-order valence-electron chi connectivity index (χ0n) is 8.73. The highest BCUT2D eigenvalue weighted by molar-refractivity contribution is 5.78. The Kier molecular flexibility index (Phi) is 2.96.